The minimum absolute atomic E-state index is 0.204. The molecule has 0 atom stereocenters. The number of hydrogen-bond donors (Lipinski definition) is 2. The van der Waals surface area contributed by atoms with Crippen molar-refractivity contribution in [3.63, 3.8) is 0 Å². The lowest BCUT2D eigenvalue weighted by molar-refractivity contribution is -0.124. The van der Waals surface area contributed by atoms with Crippen LogP contribution in [0.25, 0.3) is 0 Å². The van der Waals surface area contributed by atoms with Crippen molar-refractivity contribution in [3.8, 4) is 0 Å². The fourth-order valence-electron chi connectivity index (χ4n) is 4.10. The van der Waals surface area contributed by atoms with E-state index < -0.39 is 5.54 Å². The third kappa shape index (κ3) is 2.71. The van der Waals surface area contributed by atoms with Crippen molar-refractivity contribution < 1.29 is 4.79 Å². The summed E-state index contributed by atoms with van der Waals surface area (Å²) in [6.07, 6.45) is 1.65. The van der Waals surface area contributed by atoms with Crippen LogP contribution in [0.1, 0.15) is 29.5 Å². The number of hydrogen-bond acceptors (Lipinski definition) is 3. The number of aryl methyl sites for hydroxylation is 2. The van der Waals surface area contributed by atoms with E-state index in [1.807, 2.05) is 23.1 Å². The molecule has 1 amide bonds. The van der Waals surface area contributed by atoms with Crippen molar-refractivity contribution in [2.24, 2.45) is 0 Å². The Morgan fingerprint density at radius 2 is 1.68 bits per heavy atom. The Hall–Kier alpha value is -2.33. The van der Waals surface area contributed by atoms with Gasteiger partial charge in [0.2, 0.25) is 0 Å². The summed E-state index contributed by atoms with van der Waals surface area (Å²) in [5.74, 6) is 0.204. The number of nitrogens with zero attached hydrogens (tertiary/aromatic N) is 1. The number of carbonyl (C=O) groups excluding carboxylic acids is 1. The van der Waals surface area contributed by atoms with Crippen LogP contribution in [0.5, 0.6) is 0 Å². The van der Waals surface area contributed by atoms with E-state index in [2.05, 4.69) is 48.7 Å². The first-order valence-corrected chi connectivity index (χ1v) is 9.06. The highest BCUT2D eigenvalue weighted by atomic mass is 16.2. The Kier molecular flexibility index (Phi) is 4.00. The molecule has 1 fully saturated rings. The standard InChI is InChI=1S/C21H25N3O/c1-15-6-5-7-16(2)17(15)14-24-19-9-4-3-8-18(19)23-21(20(24)25)10-12-22-13-11-21/h3-9,22-23H,10-14H2,1-2H3. The highest BCUT2D eigenvalue weighted by molar-refractivity contribution is 6.08. The number of nitrogens with one attached hydrogen (secondary N) is 2. The van der Waals surface area contributed by atoms with Gasteiger partial charge in [-0.15, -0.1) is 0 Å². The van der Waals surface area contributed by atoms with Crippen LogP contribution in [0.15, 0.2) is 42.5 Å². The average molecular weight is 335 g/mol. The zero-order chi connectivity index (χ0) is 17.4. The summed E-state index contributed by atoms with van der Waals surface area (Å²) in [6, 6.07) is 14.5. The Bertz CT molecular complexity index is 788. The maximum absolute atomic E-state index is 13.5. The van der Waals surface area contributed by atoms with Crippen LogP contribution in [0.2, 0.25) is 0 Å². The second kappa shape index (κ2) is 6.19. The lowest BCUT2D eigenvalue weighted by atomic mass is 9.84. The molecule has 0 saturated carbocycles. The van der Waals surface area contributed by atoms with E-state index in [4.69, 9.17) is 0 Å². The summed E-state index contributed by atoms with van der Waals surface area (Å²) in [6.45, 7) is 6.63. The second-order valence-electron chi connectivity index (χ2n) is 7.24. The highest BCUT2D eigenvalue weighted by Crippen LogP contribution is 2.40. The van der Waals surface area contributed by atoms with Crippen molar-refractivity contribution in [3.05, 3.63) is 59.2 Å². The van der Waals surface area contributed by atoms with Crippen molar-refractivity contribution in [1.29, 1.82) is 0 Å². The van der Waals surface area contributed by atoms with Gasteiger partial charge in [0, 0.05) is 0 Å². The Morgan fingerprint density at radius 1 is 1.00 bits per heavy atom. The number of carbonyl (C=O) groups is 1. The highest BCUT2D eigenvalue weighted by Gasteiger charge is 2.46. The van der Waals surface area contributed by atoms with Crippen LogP contribution in [0.3, 0.4) is 0 Å². The normalized spacial score (nSPS) is 18.8. The Balaban J connectivity index is 1.78. The second-order valence-corrected chi connectivity index (χ2v) is 7.24. The molecule has 0 radical (unpaired) electrons. The molecule has 2 aliphatic rings. The van der Waals surface area contributed by atoms with Crippen LogP contribution in [-0.2, 0) is 11.3 Å². The quantitative estimate of drug-likeness (QED) is 0.884. The van der Waals surface area contributed by atoms with Gasteiger partial charge < -0.3 is 15.5 Å². The Morgan fingerprint density at radius 3 is 2.40 bits per heavy atom. The summed E-state index contributed by atoms with van der Waals surface area (Å²) in [7, 11) is 0. The molecule has 4 nitrogen and oxygen atoms in total. The van der Waals surface area contributed by atoms with Crippen molar-refractivity contribution in [2.75, 3.05) is 23.3 Å². The van der Waals surface area contributed by atoms with Crippen LogP contribution in [0.4, 0.5) is 11.4 Å². The first-order valence-electron chi connectivity index (χ1n) is 9.06. The number of anilines is 2. The summed E-state index contributed by atoms with van der Waals surface area (Å²) in [5, 5.41) is 6.95. The van der Waals surface area contributed by atoms with Gasteiger partial charge in [0.1, 0.15) is 5.54 Å². The van der Waals surface area contributed by atoms with Gasteiger partial charge in [-0.05, 0) is 68.6 Å². The Labute approximate surface area is 149 Å². The van der Waals surface area contributed by atoms with E-state index >= 15 is 0 Å². The zero-order valence-electron chi connectivity index (χ0n) is 14.9. The molecule has 0 aliphatic carbocycles. The van der Waals surface area contributed by atoms with Gasteiger partial charge in [-0.25, -0.2) is 0 Å². The summed E-state index contributed by atoms with van der Waals surface area (Å²) >= 11 is 0. The van der Waals surface area contributed by atoms with Crippen molar-refractivity contribution >= 4 is 17.3 Å². The predicted octanol–water partition coefficient (Wildman–Crippen LogP) is 3.38. The summed E-state index contributed by atoms with van der Waals surface area (Å²) < 4.78 is 0. The van der Waals surface area contributed by atoms with E-state index in [9.17, 15) is 4.79 Å². The van der Waals surface area contributed by atoms with Gasteiger partial charge in [0.15, 0.2) is 0 Å². The van der Waals surface area contributed by atoms with Crippen LogP contribution < -0.4 is 15.5 Å². The van der Waals surface area contributed by atoms with Crippen molar-refractivity contribution in [2.45, 2.75) is 38.8 Å². The average Bonchev–Trinajstić information content (AvgIpc) is 2.62. The molecule has 4 heteroatoms. The number of benzene rings is 2. The molecule has 2 aromatic rings. The number of amides is 1. The molecule has 2 aromatic carbocycles. The molecule has 1 saturated heterocycles. The lowest BCUT2D eigenvalue weighted by Gasteiger charge is -2.46. The summed E-state index contributed by atoms with van der Waals surface area (Å²) in [4.78, 5) is 15.5. The zero-order valence-corrected chi connectivity index (χ0v) is 14.9. The molecule has 1 spiro atoms. The van der Waals surface area contributed by atoms with Gasteiger partial charge >= 0.3 is 0 Å². The third-order valence-electron chi connectivity index (χ3n) is 5.64. The van der Waals surface area contributed by atoms with Gasteiger partial charge in [0.25, 0.3) is 5.91 Å². The molecule has 2 aliphatic heterocycles. The first-order chi connectivity index (χ1) is 12.1. The van der Waals surface area contributed by atoms with Crippen molar-refractivity contribution in [1.82, 2.24) is 5.32 Å². The minimum atomic E-state index is -0.476. The van der Waals surface area contributed by atoms with Crippen LogP contribution in [-0.4, -0.2) is 24.5 Å². The van der Waals surface area contributed by atoms with E-state index in [1.54, 1.807) is 0 Å². The largest absolute Gasteiger partial charge is 0.369 e. The van der Waals surface area contributed by atoms with E-state index in [0.29, 0.717) is 6.54 Å². The molecule has 4 rings (SSSR count). The molecular formula is C21H25N3O. The maximum atomic E-state index is 13.5. The molecule has 0 unspecified atom stereocenters. The lowest BCUT2D eigenvalue weighted by Crippen LogP contribution is -2.61. The van der Waals surface area contributed by atoms with Crippen LogP contribution in [0, 0.1) is 13.8 Å². The first kappa shape index (κ1) is 16.2. The summed E-state index contributed by atoms with van der Waals surface area (Å²) in [5.41, 5.74) is 5.30. The van der Waals surface area contributed by atoms with Gasteiger partial charge in [0.05, 0.1) is 17.9 Å². The van der Waals surface area contributed by atoms with E-state index in [0.717, 1.165) is 37.3 Å². The van der Waals surface area contributed by atoms with Gasteiger partial charge in [-0.2, -0.15) is 0 Å². The number of rotatable bonds is 2. The van der Waals surface area contributed by atoms with Gasteiger partial charge in [-0.3, -0.25) is 4.79 Å². The third-order valence-corrected chi connectivity index (χ3v) is 5.64. The number of para-hydroxylation sites is 2. The topological polar surface area (TPSA) is 44.4 Å². The van der Waals surface area contributed by atoms with E-state index in [-0.39, 0.29) is 5.91 Å². The monoisotopic (exact) mass is 335 g/mol. The SMILES string of the molecule is Cc1cccc(C)c1CN1C(=O)C2(CCNCC2)Nc2ccccc21. The molecule has 0 bridgehead atoms. The fraction of sp³-hybridized carbons (Fsp3) is 0.381. The van der Waals surface area contributed by atoms with E-state index in [1.165, 1.54) is 16.7 Å². The minimum Gasteiger partial charge on any atom is -0.369 e. The van der Waals surface area contributed by atoms with Gasteiger partial charge in [-0.1, -0.05) is 30.3 Å². The van der Waals surface area contributed by atoms with Crippen LogP contribution >= 0.6 is 0 Å². The molecule has 25 heavy (non-hydrogen) atoms. The maximum Gasteiger partial charge on any atom is 0.253 e. The number of piperidine rings is 1. The molecule has 0 aromatic heterocycles. The fourth-order valence-corrected chi connectivity index (χ4v) is 4.10. The molecule has 2 N–H and O–H groups in total. The number of fused-ring (bicyclic) bond motifs is 1. The smallest absolute Gasteiger partial charge is 0.253 e. The predicted molar refractivity (Wildman–Crippen MR) is 102 cm³/mol. The molecule has 130 valence electrons. The molecule has 2 heterocycles. The molecular weight excluding hydrogens is 310 g/mol.